The van der Waals surface area contributed by atoms with Crippen molar-refractivity contribution in [2.75, 3.05) is 31.1 Å². The number of likely N-dealkylation sites (tertiary alicyclic amines) is 1. The number of aromatic nitrogens is 3. The molecule has 32 heteroatoms. The summed E-state index contributed by atoms with van der Waals surface area (Å²) in [6.45, 7) is 4.70. The van der Waals surface area contributed by atoms with Crippen LogP contribution in [0.3, 0.4) is 0 Å². The second kappa shape index (κ2) is 36.1. The van der Waals surface area contributed by atoms with Crippen LogP contribution < -0.4 is 70.4 Å². The van der Waals surface area contributed by atoms with E-state index < -0.39 is 131 Å². The van der Waals surface area contributed by atoms with Gasteiger partial charge >= 0.3 is 0 Å². The topological polar surface area (TPSA) is 463 Å². The van der Waals surface area contributed by atoms with Crippen molar-refractivity contribution >= 4 is 113 Å². The number of rotatable bonds is 20. The monoisotopic (exact) mass is 1330 g/mol. The molecule has 0 unspecified atom stereocenters. The third-order valence-electron chi connectivity index (χ3n) is 15.8. The van der Waals surface area contributed by atoms with Crippen LogP contribution in [0.4, 0.5) is 0 Å². The predicted octanol–water partition coefficient (Wildman–Crippen LogP) is -2.57. The molecular weight excluding hydrogens is 1240 g/mol. The van der Waals surface area contributed by atoms with Crippen LogP contribution in [0, 0.1) is 5.92 Å². The third-order valence-corrected chi connectivity index (χ3v) is 16.5. The summed E-state index contributed by atoms with van der Waals surface area (Å²) in [5.41, 5.74) is 19.1. The zero-order chi connectivity index (χ0) is 67.7. The molecule has 2 aromatic heterocycles. The second-order valence-electron chi connectivity index (χ2n) is 23.2. The van der Waals surface area contributed by atoms with E-state index in [0.29, 0.717) is 34.1 Å². The quantitative estimate of drug-likeness (QED) is 0.0187. The number of nitrogens with two attached hydrogens (primary N) is 3. The highest BCUT2D eigenvalue weighted by atomic mass is 32.1. The molecule has 6 rings (SSSR count). The molecule has 4 heterocycles. The van der Waals surface area contributed by atoms with Gasteiger partial charge in [-0.3, -0.25) is 62.5 Å². The van der Waals surface area contributed by atoms with Crippen molar-refractivity contribution in [2.45, 2.75) is 158 Å². The lowest BCUT2D eigenvalue weighted by atomic mass is 10.0. The molecule has 504 valence electrons. The fraction of sp³-hybridized carbons (Fsp3) is 0.508. The number of nitrogens with zero attached hydrogens (tertiary/aromatic N) is 3. The number of primary amides is 1. The number of carbonyl (C=O) groups excluding carboxylic acids is 12. The lowest BCUT2D eigenvalue weighted by Gasteiger charge is -2.31. The van der Waals surface area contributed by atoms with E-state index in [2.05, 4.69) is 98.4 Å². The number of benzene rings is 2. The average molecular weight is 1330 g/mol. The van der Waals surface area contributed by atoms with Crippen molar-refractivity contribution in [3.05, 3.63) is 90.1 Å². The van der Waals surface area contributed by atoms with Crippen LogP contribution in [0.25, 0.3) is 10.9 Å². The normalized spacial score (nSPS) is 22.6. The molecule has 12 amide bonds. The molecule has 4 aromatic rings. The van der Waals surface area contributed by atoms with Crippen LogP contribution in [0.5, 0.6) is 0 Å². The molecule has 2 aliphatic rings. The Balaban J connectivity index is 1.41. The minimum atomic E-state index is -1.53. The highest BCUT2D eigenvalue weighted by Crippen LogP contribution is 2.23. The molecule has 0 bridgehead atoms. The Hall–Kier alpha value is -9.20. The van der Waals surface area contributed by atoms with Crippen LogP contribution >= 0.6 is 25.3 Å². The Bertz CT molecular complexity index is 3290. The standard InChI is InChI=1S/C61H86N18O12S2/c1-33(2)50(51(62)82)78-59(90)48-19-12-24-79(48)60(91)42-17-9-10-22-66-49(81)21-20-41(72-57(88)46(30-92)70-34(3)80)53(84)76-45(27-37-29-65-32-69-37)56(87)74-43(25-35-13-5-4-6-14-35)54(85)71-40(18-11-23-67-61(63)64)52(83)75-44(55(86)77-47(31-93)58(89)73-42)26-36-28-68-39-16-8-7-15-38(36)39/h4-8,13-16,28-29,32-33,40-48,50,68,92-93H,9-12,17-27,30-31H2,1-3H3,(H2,62,82)(H,65,69)(H,66,81)(H,70,80)(H,71,85)(H,72,88)(H,73,89)(H,74,87)(H,75,83)(H,76,84)(H,77,86)(H,78,90)(H4,63,64,67)/t40-,41-,42-,43+,44-,45-,46-,47-,48-,50-/m0/s1. The highest BCUT2D eigenvalue weighted by molar-refractivity contribution is 7.80. The zero-order valence-electron chi connectivity index (χ0n) is 52.2. The van der Waals surface area contributed by atoms with Crippen molar-refractivity contribution < 1.29 is 57.5 Å². The SMILES string of the molecule is CC(=O)N[C@@H](CS)C(=O)N[C@H]1CCC(=O)NCCCC[C@@H](C(=O)N2CCC[C@H]2C(=O)N[C@H](C(N)=O)C(C)C)NC(=O)[C@H](CS)NC(=O)[C@H](Cc2c[nH]c3ccccc23)NC(=O)[C@H](CCCN=C(N)N)NC(=O)[C@@H](Cc2ccccc2)NC(=O)[C@H](Cc2cnc[nH]2)NC1=O. The first-order valence-electron chi connectivity index (χ1n) is 30.9. The molecule has 10 atom stereocenters. The smallest absolute Gasteiger partial charge is 0.245 e. The fourth-order valence-corrected chi connectivity index (χ4v) is 11.4. The lowest BCUT2D eigenvalue weighted by Crippen LogP contribution is -2.61. The van der Waals surface area contributed by atoms with Gasteiger partial charge in [0.1, 0.15) is 60.4 Å². The molecule has 0 saturated carbocycles. The van der Waals surface area contributed by atoms with Gasteiger partial charge in [-0.1, -0.05) is 62.4 Å². The Morgan fingerprint density at radius 3 is 1.99 bits per heavy atom. The molecule has 2 saturated heterocycles. The molecule has 93 heavy (non-hydrogen) atoms. The number of fused-ring (bicyclic) bond motifs is 1. The summed E-state index contributed by atoms with van der Waals surface area (Å²) in [7, 11) is 0. The highest BCUT2D eigenvalue weighted by Gasteiger charge is 2.41. The Morgan fingerprint density at radius 2 is 1.34 bits per heavy atom. The number of guanidine groups is 1. The summed E-state index contributed by atoms with van der Waals surface area (Å²) in [5, 5.41) is 27.6. The molecule has 0 radical (unpaired) electrons. The molecule has 30 nitrogen and oxygen atoms in total. The van der Waals surface area contributed by atoms with E-state index in [4.69, 9.17) is 17.2 Å². The number of H-pyrrole nitrogens is 2. The van der Waals surface area contributed by atoms with E-state index in [1.165, 1.54) is 24.3 Å². The van der Waals surface area contributed by atoms with Crippen molar-refractivity contribution in [3.63, 3.8) is 0 Å². The number of hydrogen-bond acceptors (Lipinski definition) is 16. The van der Waals surface area contributed by atoms with Crippen molar-refractivity contribution in [3.8, 4) is 0 Å². The van der Waals surface area contributed by atoms with Gasteiger partial charge in [0.15, 0.2) is 5.96 Å². The maximum absolute atomic E-state index is 15.0. The number of nitrogens with one attached hydrogen (secondary N) is 12. The summed E-state index contributed by atoms with van der Waals surface area (Å²) in [5.74, 6) is -10.5. The van der Waals surface area contributed by atoms with Gasteiger partial charge in [0.2, 0.25) is 70.9 Å². The van der Waals surface area contributed by atoms with Crippen LogP contribution in [0.2, 0.25) is 0 Å². The minimum absolute atomic E-state index is 0.00318. The van der Waals surface area contributed by atoms with Gasteiger partial charge in [0, 0.05) is 92.7 Å². The predicted molar refractivity (Wildman–Crippen MR) is 350 cm³/mol. The first kappa shape index (κ1) is 72.9. The number of amides is 12. The van der Waals surface area contributed by atoms with E-state index >= 15 is 4.79 Å². The van der Waals surface area contributed by atoms with Crippen molar-refractivity contribution in [1.82, 2.24) is 73.0 Å². The number of aliphatic imine (C=N–C) groups is 1. The zero-order valence-corrected chi connectivity index (χ0v) is 54.0. The van der Waals surface area contributed by atoms with Gasteiger partial charge in [-0.2, -0.15) is 25.3 Å². The maximum atomic E-state index is 15.0. The van der Waals surface area contributed by atoms with Crippen LogP contribution in [-0.4, -0.2) is 188 Å². The third kappa shape index (κ3) is 22.3. The van der Waals surface area contributed by atoms with Gasteiger partial charge in [-0.15, -0.1) is 0 Å². The summed E-state index contributed by atoms with van der Waals surface area (Å²) in [4.78, 5) is 185. The van der Waals surface area contributed by atoms with Gasteiger partial charge in [-0.25, -0.2) is 4.98 Å². The molecule has 18 N–H and O–H groups in total. The lowest BCUT2D eigenvalue weighted by molar-refractivity contribution is -0.142. The molecular formula is C61H86N18O12S2. The number of aromatic amines is 2. The number of hydrogen-bond donors (Lipinski definition) is 17. The van der Waals surface area contributed by atoms with Gasteiger partial charge < -0.3 is 85.2 Å². The van der Waals surface area contributed by atoms with Crippen LogP contribution in [-0.2, 0) is 76.8 Å². The van der Waals surface area contributed by atoms with E-state index in [1.807, 2.05) is 6.07 Å². The largest absolute Gasteiger partial charge is 0.370 e. The molecule has 0 spiro atoms. The van der Waals surface area contributed by atoms with E-state index in [9.17, 15) is 52.7 Å². The summed E-state index contributed by atoms with van der Waals surface area (Å²) >= 11 is 8.66. The van der Waals surface area contributed by atoms with Gasteiger partial charge in [0.25, 0.3) is 0 Å². The summed E-state index contributed by atoms with van der Waals surface area (Å²) in [6.07, 6.45) is 4.03. The van der Waals surface area contributed by atoms with Crippen molar-refractivity contribution in [1.29, 1.82) is 0 Å². The van der Waals surface area contributed by atoms with E-state index in [-0.39, 0.29) is 114 Å². The number of para-hydroxylation sites is 1. The molecule has 0 aliphatic carbocycles. The fourth-order valence-electron chi connectivity index (χ4n) is 10.8. The van der Waals surface area contributed by atoms with E-state index in [1.54, 1.807) is 68.6 Å². The summed E-state index contributed by atoms with van der Waals surface area (Å²) in [6, 6.07) is 2.18. The van der Waals surface area contributed by atoms with Gasteiger partial charge in [0.05, 0.1) is 6.33 Å². The maximum Gasteiger partial charge on any atom is 0.245 e. The number of carbonyl (C=O) groups is 12. The average Bonchev–Trinajstić information content (AvgIpc) is 1.79. The Morgan fingerprint density at radius 1 is 0.710 bits per heavy atom. The van der Waals surface area contributed by atoms with Crippen LogP contribution in [0.1, 0.15) is 95.4 Å². The molecule has 2 aromatic carbocycles. The molecule has 2 fully saturated rings. The first-order chi connectivity index (χ1) is 44.5. The number of thiol groups is 2. The Kier molecular flexibility index (Phi) is 28.3. The second-order valence-corrected chi connectivity index (χ2v) is 24.0. The minimum Gasteiger partial charge on any atom is -0.370 e. The van der Waals surface area contributed by atoms with E-state index in [0.717, 1.165) is 0 Å². The van der Waals surface area contributed by atoms with Gasteiger partial charge in [-0.05, 0) is 74.5 Å². The van der Waals surface area contributed by atoms with Crippen LogP contribution in [0.15, 0.2) is 78.3 Å². The molecule has 2 aliphatic heterocycles. The first-order valence-corrected chi connectivity index (χ1v) is 32.1. The summed E-state index contributed by atoms with van der Waals surface area (Å²) < 4.78 is 0. The Labute approximate surface area is 548 Å². The number of imidazole rings is 1. The van der Waals surface area contributed by atoms with Crippen molar-refractivity contribution in [2.24, 2.45) is 28.1 Å².